The molecule has 34 heavy (non-hydrogen) atoms. The van der Waals surface area contributed by atoms with Gasteiger partial charge >= 0.3 is 0 Å². The van der Waals surface area contributed by atoms with Gasteiger partial charge in [-0.1, -0.05) is 41.9 Å². The van der Waals surface area contributed by atoms with Gasteiger partial charge in [-0.25, -0.2) is 8.42 Å². The molecule has 0 fully saturated rings. The first-order chi connectivity index (χ1) is 16.0. The van der Waals surface area contributed by atoms with Crippen molar-refractivity contribution in [2.45, 2.75) is 6.04 Å². The first-order valence-corrected chi connectivity index (χ1v) is 13.1. The highest BCUT2D eigenvalue weighted by molar-refractivity contribution is 7.89. The van der Waals surface area contributed by atoms with E-state index in [4.69, 9.17) is 11.6 Å². The number of thiophene rings is 1. The molecular formula is C23H23ClN4O4S2. The Hall–Kier alpha value is -3.21. The van der Waals surface area contributed by atoms with Gasteiger partial charge in [-0.05, 0) is 42.0 Å². The van der Waals surface area contributed by atoms with E-state index in [0.29, 0.717) is 26.0 Å². The van der Waals surface area contributed by atoms with E-state index in [2.05, 4.69) is 15.0 Å². The second-order valence-electron chi connectivity index (χ2n) is 7.53. The lowest BCUT2D eigenvalue weighted by Gasteiger charge is -2.19. The fraction of sp³-hybridized carbons (Fsp3) is 0.174. The SMILES string of the molecule is CN(C)/C(=N\S(C)(=O)=O)c1ccc(NC(=O)C(NC(=O)c2ccc(Cl)s2)c2ccccc2)cc1. The summed E-state index contributed by atoms with van der Waals surface area (Å²) in [7, 11) is -0.215. The van der Waals surface area contributed by atoms with Crippen molar-refractivity contribution < 1.29 is 18.0 Å². The van der Waals surface area contributed by atoms with Crippen LogP contribution >= 0.6 is 22.9 Å². The number of nitrogens with zero attached hydrogens (tertiary/aromatic N) is 2. The third-order valence-electron chi connectivity index (χ3n) is 4.55. The number of benzene rings is 2. The summed E-state index contributed by atoms with van der Waals surface area (Å²) in [6.45, 7) is 0. The zero-order valence-electron chi connectivity index (χ0n) is 18.7. The van der Waals surface area contributed by atoms with Crippen molar-refractivity contribution in [1.82, 2.24) is 10.2 Å². The Kier molecular flexibility index (Phi) is 8.08. The fourth-order valence-corrected chi connectivity index (χ4v) is 4.58. The standard InChI is InChI=1S/C23H23ClN4O4S2/c1-28(2)21(27-34(3,31)32)16-9-11-17(12-10-16)25-23(30)20(15-7-5-4-6-8-15)26-22(29)18-13-14-19(24)33-18/h4-14,20H,1-3H3,(H,25,30)(H,26,29)/b27-21-. The Labute approximate surface area is 207 Å². The molecule has 0 bridgehead atoms. The van der Waals surface area contributed by atoms with Crippen LogP contribution < -0.4 is 10.6 Å². The molecule has 1 unspecified atom stereocenters. The molecule has 0 aliphatic rings. The predicted octanol–water partition coefficient (Wildman–Crippen LogP) is 3.78. The molecular weight excluding hydrogens is 496 g/mol. The number of sulfonamides is 1. The minimum Gasteiger partial charge on any atom is -0.362 e. The molecule has 3 aromatic rings. The maximum absolute atomic E-state index is 13.1. The van der Waals surface area contributed by atoms with Crippen LogP contribution in [0.15, 0.2) is 71.1 Å². The van der Waals surface area contributed by atoms with Crippen molar-refractivity contribution in [2.75, 3.05) is 25.7 Å². The molecule has 11 heteroatoms. The monoisotopic (exact) mass is 518 g/mol. The Morgan fingerprint density at radius 3 is 2.18 bits per heavy atom. The highest BCUT2D eigenvalue weighted by atomic mass is 35.5. The lowest BCUT2D eigenvalue weighted by molar-refractivity contribution is -0.118. The predicted molar refractivity (Wildman–Crippen MR) is 136 cm³/mol. The third kappa shape index (κ3) is 6.89. The molecule has 2 aromatic carbocycles. The molecule has 0 spiro atoms. The van der Waals surface area contributed by atoms with E-state index in [0.717, 1.165) is 17.6 Å². The van der Waals surface area contributed by atoms with Crippen LogP contribution in [-0.2, 0) is 14.8 Å². The quantitative estimate of drug-likeness (QED) is 0.365. The molecule has 8 nitrogen and oxygen atoms in total. The minimum absolute atomic E-state index is 0.268. The minimum atomic E-state index is -3.59. The van der Waals surface area contributed by atoms with Crippen LogP contribution in [0.25, 0.3) is 0 Å². The Morgan fingerprint density at radius 1 is 1.00 bits per heavy atom. The number of carbonyl (C=O) groups excluding carboxylic acids is 2. The van der Waals surface area contributed by atoms with Crippen LogP contribution in [0.4, 0.5) is 5.69 Å². The number of carbonyl (C=O) groups is 2. The number of nitrogens with one attached hydrogen (secondary N) is 2. The Morgan fingerprint density at radius 2 is 1.65 bits per heavy atom. The number of halogens is 1. The van der Waals surface area contributed by atoms with Crippen LogP contribution in [0, 0.1) is 0 Å². The summed E-state index contributed by atoms with van der Waals surface area (Å²) >= 11 is 7.05. The maximum atomic E-state index is 13.1. The Balaban J connectivity index is 1.82. The summed E-state index contributed by atoms with van der Waals surface area (Å²) in [5.41, 5.74) is 1.65. The molecule has 0 aliphatic heterocycles. The normalized spacial score (nSPS) is 12.6. The smallest absolute Gasteiger partial charge is 0.262 e. The van der Waals surface area contributed by atoms with E-state index in [1.807, 2.05) is 6.07 Å². The fourth-order valence-electron chi connectivity index (χ4n) is 3.05. The summed E-state index contributed by atoms with van der Waals surface area (Å²) in [4.78, 5) is 27.8. The average Bonchev–Trinajstić information content (AvgIpc) is 3.22. The molecule has 0 radical (unpaired) electrons. The number of rotatable bonds is 7. The van der Waals surface area contributed by atoms with Crippen LogP contribution in [-0.4, -0.2) is 51.3 Å². The van der Waals surface area contributed by atoms with Gasteiger partial charge in [0, 0.05) is 25.3 Å². The number of hydrogen-bond acceptors (Lipinski definition) is 5. The van der Waals surface area contributed by atoms with Crippen LogP contribution in [0.2, 0.25) is 4.34 Å². The molecule has 1 atom stereocenters. The van der Waals surface area contributed by atoms with Gasteiger partial charge in [0.15, 0.2) is 0 Å². The van der Waals surface area contributed by atoms with Gasteiger partial charge in [0.25, 0.3) is 21.8 Å². The van der Waals surface area contributed by atoms with Gasteiger partial charge in [0.2, 0.25) is 0 Å². The van der Waals surface area contributed by atoms with Gasteiger partial charge in [-0.2, -0.15) is 0 Å². The van der Waals surface area contributed by atoms with E-state index in [1.54, 1.807) is 79.7 Å². The molecule has 0 saturated heterocycles. The van der Waals surface area contributed by atoms with E-state index in [1.165, 1.54) is 0 Å². The Bertz CT molecular complexity index is 1300. The van der Waals surface area contributed by atoms with Gasteiger partial charge in [0.1, 0.15) is 11.9 Å². The molecule has 1 aromatic heterocycles. The van der Waals surface area contributed by atoms with Crippen LogP contribution in [0.1, 0.15) is 26.8 Å². The van der Waals surface area contributed by atoms with Crippen molar-refractivity contribution in [3.63, 3.8) is 0 Å². The summed E-state index contributed by atoms with van der Waals surface area (Å²) in [5.74, 6) is -0.583. The van der Waals surface area contributed by atoms with Crippen molar-refractivity contribution >= 4 is 56.3 Å². The van der Waals surface area contributed by atoms with Gasteiger partial charge < -0.3 is 15.5 Å². The lowest BCUT2D eigenvalue weighted by Crippen LogP contribution is -2.36. The van der Waals surface area contributed by atoms with Gasteiger partial charge in [-0.15, -0.1) is 15.7 Å². The summed E-state index contributed by atoms with van der Waals surface area (Å²) in [6, 6.07) is 17.7. The van der Waals surface area contributed by atoms with Crippen LogP contribution in [0.3, 0.4) is 0 Å². The number of amidine groups is 1. The first-order valence-electron chi connectivity index (χ1n) is 10.0. The zero-order chi connectivity index (χ0) is 24.9. The number of hydrogen-bond donors (Lipinski definition) is 2. The topological polar surface area (TPSA) is 108 Å². The first kappa shape index (κ1) is 25.4. The maximum Gasteiger partial charge on any atom is 0.262 e. The highest BCUT2D eigenvalue weighted by Gasteiger charge is 2.24. The number of amides is 2. The second-order valence-corrected chi connectivity index (χ2v) is 10.9. The highest BCUT2D eigenvalue weighted by Crippen LogP contribution is 2.23. The van der Waals surface area contributed by atoms with E-state index < -0.39 is 27.9 Å². The molecule has 3 rings (SSSR count). The van der Waals surface area contributed by atoms with Gasteiger partial charge in [-0.3, -0.25) is 9.59 Å². The molecule has 2 N–H and O–H groups in total. The molecule has 178 valence electrons. The van der Waals surface area contributed by atoms with Gasteiger partial charge in [0.05, 0.1) is 15.5 Å². The summed E-state index contributed by atoms with van der Waals surface area (Å²) in [6.07, 6.45) is 1.02. The molecule has 2 amide bonds. The molecule has 0 saturated carbocycles. The summed E-state index contributed by atoms with van der Waals surface area (Å²) < 4.78 is 27.5. The van der Waals surface area contributed by atoms with Crippen LogP contribution in [0.5, 0.6) is 0 Å². The molecule has 0 aliphatic carbocycles. The lowest BCUT2D eigenvalue weighted by atomic mass is 10.1. The largest absolute Gasteiger partial charge is 0.362 e. The number of anilines is 1. The second kappa shape index (κ2) is 10.8. The average molecular weight is 519 g/mol. The van der Waals surface area contributed by atoms with E-state index in [9.17, 15) is 18.0 Å². The van der Waals surface area contributed by atoms with Crippen molar-refractivity contribution in [2.24, 2.45) is 4.40 Å². The van der Waals surface area contributed by atoms with E-state index in [-0.39, 0.29) is 5.84 Å². The van der Waals surface area contributed by atoms with Crippen molar-refractivity contribution in [3.05, 3.63) is 87.1 Å². The summed E-state index contributed by atoms with van der Waals surface area (Å²) in [5, 5.41) is 5.56. The molecule has 1 heterocycles. The zero-order valence-corrected chi connectivity index (χ0v) is 21.0. The third-order valence-corrected chi connectivity index (χ3v) is 6.29. The van der Waals surface area contributed by atoms with Crippen molar-refractivity contribution in [1.29, 1.82) is 0 Å². The van der Waals surface area contributed by atoms with E-state index >= 15 is 0 Å². The van der Waals surface area contributed by atoms with Crippen molar-refractivity contribution in [3.8, 4) is 0 Å².